The average molecular weight is 175 g/mol. The standard InChI is InChI=1S/C6H13NO.2C2H6/c1-7-4-3-6(5-7)8-2;2*1-2/h6H,3-5H2,1-2H3;2*1-2H3. The molecular formula is C10H25NO. The van der Waals surface area contributed by atoms with E-state index in [9.17, 15) is 0 Å². The first-order valence-electron chi connectivity index (χ1n) is 5.04. The van der Waals surface area contributed by atoms with Gasteiger partial charge in [-0.2, -0.15) is 0 Å². The Kier molecular flexibility index (Phi) is 13.1. The van der Waals surface area contributed by atoms with Crippen LogP contribution >= 0.6 is 0 Å². The number of hydrogen-bond acceptors (Lipinski definition) is 2. The molecule has 2 heteroatoms. The van der Waals surface area contributed by atoms with Crippen LogP contribution in [0, 0.1) is 0 Å². The van der Waals surface area contributed by atoms with Gasteiger partial charge in [-0.25, -0.2) is 0 Å². The van der Waals surface area contributed by atoms with Crippen LogP contribution in [0.4, 0.5) is 0 Å². The van der Waals surface area contributed by atoms with Gasteiger partial charge in [-0.1, -0.05) is 27.7 Å². The minimum Gasteiger partial charge on any atom is -0.380 e. The molecule has 0 aromatic rings. The number of hydrogen-bond donors (Lipinski definition) is 0. The van der Waals surface area contributed by atoms with E-state index < -0.39 is 0 Å². The monoisotopic (exact) mass is 175 g/mol. The highest BCUT2D eigenvalue weighted by Gasteiger charge is 2.17. The Morgan fingerprint density at radius 2 is 1.67 bits per heavy atom. The quantitative estimate of drug-likeness (QED) is 0.607. The van der Waals surface area contributed by atoms with Gasteiger partial charge in [-0.05, 0) is 13.5 Å². The molecule has 0 saturated carbocycles. The molecule has 0 bridgehead atoms. The molecule has 0 N–H and O–H groups in total. The lowest BCUT2D eigenvalue weighted by Gasteiger charge is -2.06. The fourth-order valence-corrected chi connectivity index (χ4v) is 1.09. The number of ether oxygens (including phenoxy) is 1. The van der Waals surface area contributed by atoms with E-state index in [1.54, 1.807) is 7.11 Å². The predicted molar refractivity (Wildman–Crippen MR) is 55.6 cm³/mol. The molecule has 0 aliphatic carbocycles. The van der Waals surface area contributed by atoms with Gasteiger partial charge in [0.15, 0.2) is 0 Å². The van der Waals surface area contributed by atoms with Gasteiger partial charge in [-0.15, -0.1) is 0 Å². The smallest absolute Gasteiger partial charge is 0.0710 e. The summed E-state index contributed by atoms with van der Waals surface area (Å²) in [5.41, 5.74) is 0. The Balaban J connectivity index is 0. The maximum Gasteiger partial charge on any atom is 0.0710 e. The van der Waals surface area contributed by atoms with Crippen LogP contribution in [0.5, 0.6) is 0 Å². The fourth-order valence-electron chi connectivity index (χ4n) is 1.09. The summed E-state index contributed by atoms with van der Waals surface area (Å²) in [7, 11) is 3.91. The van der Waals surface area contributed by atoms with Crippen molar-refractivity contribution in [2.24, 2.45) is 0 Å². The molecule has 1 saturated heterocycles. The van der Waals surface area contributed by atoms with Crippen LogP contribution in [0.3, 0.4) is 0 Å². The second-order valence-corrected chi connectivity index (χ2v) is 2.41. The zero-order valence-electron chi connectivity index (χ0n) is 9.55. The Bertz CT molecular complexity index is 76.2. The summed E-state index contributed by atoms with van der Waals surface area (Å²) in [5.74, 6) is 0. The van der Waals surface area contributed by atoms with Crippen molar-refractivity contribution < 1.29 is 4.74 Å². The highest BCUT2D eigenvalue weighted by Crippen LogP contribution is 2.07. The minimum atomic E-state index is 0.500. The van der Waals surface area contributed by atoms with Gasteiger partial charge in [0.2, 0.25) is 0 Å². The van der Waals surface area contributed by atoms with Gasteiger partial charge in [0.05, 0.1) is 6.10 Å². The van der Waals surface area contributed by atoms with Crippen molar-refractivity contribution in [3.8, 4) is 0 Å². The van der Waals surface area contributed by atoms with E-state index in [1.165, 1.54) is 13.0 Å². The molecule has 0 radical (unpaired) electrons. The lowest BCUT2D eigenvalue weighted by molar-refractivity contribution is 0.111. The Hall–Kier alpha value is -0.0800. The summed E-state index contributed by atoms with van der Waals surface area (Å²) >= 11 is 0. The number of methoxy groups -OCH3 is 1. The summed E-state index contributed by atoms with van der Waals surface area (Å²) < 4.78 is 5.14. The Morgan fingerprint density at radius 3 is 1.83 bits per heavy atom. The summed E-state index contributed by atoms with van der Waals surface area (Å²) in [6, 6.07) is 0. The highest BCUT2D eigenvalue weighted by molar-refractivity contribution is 4.71. The van der Waals surface area contributed by atoms with E-state index in [0.29, 0.717) is 6.10 Å². The zero-order chi connectivity index (χ0) is 9.98. The molecule has 0 aromatic carbocycles. The largest absolute Gasteiger partial charge is 0.380 e. The van der Waals surface area contributed by atoms with Crippen molar-refractivity contribution >= 4 is 0 Å². The van der Waals surface area contributed by atoms with E-state index in [4.69, 9.17) is 4.74 Å². The van der Waals surface area contributed by atoms with Crippen LogP contribution in [-0.2, 0) is 4.74 Å². The molecule has 76 valence electrons. The molecule has 0 amide bonds. The second kappa shape index (κ2) is 10.9. The summed E-state index contributed by atoms with van der Waals surface area (Å²) in [4.78, 5) is 2.29. The van der Waals surface area contributed by atoms with Crippen LogP contribution in [0.2, 0.25) is 0 Å². The first-order valence-corrected chi connectivity index (χ1v) is 5.04. The van der Waals surface area contributed by atoms with Crippen molar-refractivity contribution in [2.45, 2.75) is 40.2 Å². The molecule has 1 heterocycles. The number of likely N-dealkylation sites (tertiary alicyclic amines) is 1. The molecule has 1 aliphatic heterocycles. The number of nitrogens with zero attached hydrogens (tertiary/aromatic N) is 1. The van der Waals surface area contributed by atoms with Crippen LogP contribution in [0.25, 0.3) is 0 Å². The van der Waals surface area contributed by atoms with E-state index in [1.807, 2.05) is 27.7 Å². The van der Waals surface area contributed by atoms with Crippen LogP contribution in [0.1, 0.15) is 34.1 Å². The van der Waals surface area contributed by atoms with Gasteiger partial charge in [-0.3, -0.25) is 0 Å². The van der Waals surface area contributed by atoms with E-state index in [2.05, 4.69) is 11.9 Å². The number of rotatable bonds is 1. The van der Waals surface area contributed by atoms with E-state index in [0.717, 1.165) is 6.54 Å². The molecule has 2 nitrogen and oxygen atoms in total. The van der Waals surface area contributed by atoms with Crippen molar-refractivity contribution in [1.29, 1.82) is 0 Å². The SMILES string of the molecule is CC.CC.COC1CCN(C)C1. The molecule has 12 heavy (non-hydrogen) atoms. The first-order chi connectivity index (χ1) is 5.83. The lowest BCUT2D eigenvalue weighted by atomic mass is 10.3. The number of likely N-dealkylation sites (N-methyl/N-ethyl adjacent to an activating group) is 1. The summed E-state index contributed by atoms with van der Waals surface area (Å²) in [6.07, 6.45) is 1.70. The highest BCUT2D eigenvalue weighted by atomic mass is 16.5. The van der Waals surface area contributed by atoms with Crippen molar-refractivity contribution in [3.05, 3.63) is 0 Å². The van der Waals surface area contributed by atoms with Crippen LogP contribution in [-0.4, -0.2) is 38.3 Å². The first kappa shape index (κ1) is 14.4. The third-order valence-electron chi connectivity index (χ3n) is 1.68. The average Bonchev–Trinajstić information content (AvgIpc) is 2.58. The Morgan fingerprint density at radius 1 is 1.17 bits per heavy atom. The molecule has 1 rings (SSSR count). The topological polar surface area (TPSA) is 12.5 Å². The van der Waals surface area contributed by atoms with Crippen LogP contribution in [0.15, 0.2) is 0 Å². The lowest BCUT2D eigenvalue weighted by Crippen LogP contribution is -2.17. The second-order valence-electron chi connectivity index (χ2n) is 2.41. The zero-order valence-corrected chi connectivity index (χ0v) is 9.55. The third kappa shape index (κ3) is 6.62. The third-order valence-corrected chi connectivity index (χ3v) is 1.68. The van der Waals surface area contributed by atoms with Gasteiger partial charge in [0, 0.05) is 20.2 Å². The minimum absolute atomic E-state index is 0.500. The molecule has 0 aromatic heterocycles. The predicted octanol–water partition coefficient (Wildman–Crippen LogP) is 2.39. The van der Waals surface area contributed by atoms with E-state index in [-0.39, 0.29) is 0 Å². The molecule has 1 atom stereocenters. The summed E-state index contributed by atoms with van der Waals surface area (Å²) in [5, 5.41) is 0. The van der Waals surface area contributed by atoms with Gasteiger partial charge < -0.3 is 9.64 Å². The van der Waals surface area contributed by atoms with E-state index >= 15 is 0 Å². The van der Waals surface area contributed by atoms with Gasteiger partial charge in [0.25, 0.3) is 0 Å². The summed E-state index contributed by atoms with van der Waals surface area (Å²) in [6.45, 7) is 10.3. The van der Waals surface area contributed by atoms with Gasteiger partial charge in [0.1, 0.15) is 0 Å². The van der Waals surface area contributed by atoms with Gasteiger partial charge >= 0.3 is 0 Å². The van der Waals surface area contributed by atoms with Crippen LogP contribution < -0.4 is 0 Å². The Labute approximate surface area is 77.9 Å². The maximum atomic E-state index is 5.14. The normalized spacial score (nSPS) is 22.0. The molecular weight excluding hydrogens is 150 g/mol. The van der Waals surface area contributed by atoms with Crippen molar-refractivity contribution in [1.82, 2.24) is 4.90 Å². The molecule has 1 unspecified atom stereocenters. The molecule has 1 fully saturated rings. The van der Waals surface area contributed by atoms with Crippen molar-refractivity contribution in [2.75, 3.05) is 27.2 Å². The molecule has 1 aliphatic rings. The molecule has 0 spiro atoms. The fraction of sp³-hybridized carbons (Fsp3) is 1.00. The maximum absolute atomic E-state index is 5.14. The van der Waals surface area contributed by atoms with Crippen molar-refractivity contribution in [3.63, 3.8) is 0 Å².